The largest absolute Gasteiger partial charge is 0.421 e. The van der Waals surface area contributed by atoms with Crippen LogP contribution < -0.4 is 10.6 Å². The molecule has 2 saturated heterocycles. The summed E-state index contributed by atoms with van der Waals surface area (Å²) in [4.78, 5) is 12.0. The number of nitrogen functional groups attached to an aromatic ring is 1. The zero-order valence-corrected chi connectivity index (χ0v) is 17.1. The minimum atomic E-state index is -4.58. The summed E-state index contributed by atoms with van der Waals surface area (Å²) in [5.41, 5.74) is 6.07. The lowest BCUT2D eigenvalue weighted by atomic mass is 10.0. The van der Waals surface area contributed by atoms with Gasteiger partial charge >= 0.3 is 6.18 Å². The Morgan fingerprint density at radius 2 is 2.07 bits per heavy atom. The van der Waals surface area contributed by atoms with E-state index in [1.165, 1.54) is 0 Å². The van der Waals surface area contributed by atoms with Crippen molar-refractivity contribution in [2.24, 2.45) is 0 Å². The SMILES string of the molecule is CCN(c1ncc(C(F)(F)F)c(N)n1)c1cn(C2CCCN(C3COC3)C2)nc1C. The molecule has 0 saturated carbocycles. The summed E-state index contributed by atoms with van der Waals surface area (Å²) in [5.74, 6) is -0.454. The predicted octanol–water partition coefficient (Wildman–Crippen LogP) is 2.78. The molecular weight excluding hydrogens is 399 g/mol. The summed E-state index contributed by atoms with van der Waals surface area (Å²) < 4.78 is 46.2. The molecule has 2 aromatic rings. The van der Waals surface area contributed by atoms with E-state index in [1.807, 2.05) is 24.7 Å². The van der Waals surface area contributed by atoms with Crippen LogP contribution in [0.1, 0.15) is 37.1 Å². The smallest absolute Gasteiger partial charge is 0.383 e. The lowest BCUT2D eigenvalue weighted by Crippen LogP contribution is -2.52. The van der Waals surface area contributed by atoms with Gasteiger partial charge in [-0.1, -0.05) is 0 Å². The number of ether oxygens (including phenoxy) is 1. The van der Waals surface area contributed by atoms with E-state index < -0.39 is 17.6 Å². The molecule has 1 atom stereocenters. The third kappa shape index (κ3) is 3.95. The highest BCUT2D eigenvalue weighted by Crippen LogP contribution is 2.34. The molecule has 2 N–H and O–H groups in total. The number of aromatic nitrogens is 4. The molecule has 0 aromatic carbocycles. The van der Waals surface area contributed by atoms with E-state index in [-0.39, 0.29) is 12.0 Å². The van der Waals surface area contributed by atoms with Crippen LogP contribution >= 0.6 is 0 Å². The molecule has 0 radical (unpaired) electrons. The number of hydrogen-bond donors (Lipinski definition) is 1. The Morgan fingerprint density at radius 1 is 1.30 bits per heavy atom. The fourth-order valence-corrected chi connectivity index (χ4v) is 4.04. The van der Waals surface area contributed by atoms with Gasteiger partial charge in [0.15, 0.2) is 0 Å². The number of likely N-dealkylation sites (tertiary alicyclic amines) is 1. The van der Waals surface area contributed by atoms with Crippen LogP contribution in [0, 0.1) is 6.92 Å². The highest BCUT2D eigenvalue weighted by Gasteiger charge is 2.35. The maximum Gasteiger partial charge on any atom is 0.421 e. The van der Waals surface area contributed by atoms with Gasteiger partial charge in [-0.25, -0.2) is 4.98 Å². The van der Waals surface area contributed by atoms with E-state index in [4.69, 9.17) is 15.6 Å². The number of nitrogens with zero attached hydrogens (tertiary/aromatic N) is 6. The van der Waals surface area contributed by atoms with E-state index in [0.29, 0.717) is 12.6 Å². The molecule has 2 aliphatic heterocycles. The molecule has 4 heterocycles. The molecule has 8 nitrogen and oxygen atoms in total. The van der Waals surface area contributed by atoms with Gasteiger partial charge in [-0.3, -0.25) is 9.58 Å². The highest BCUT2D eigenvalue weighted by atomic mass is 19.4. The molecule has 0 amide bonds. The van der Waals surface area contributed by atoms with Crippen LogP contribution in [0.25, 0.3) is 0 Å². The van der Waals surface area contributed by atoms with E-state index in [2.05, 4.69) is 14.9 Å². The minimum Gasteiger partial charge on any atom is -0.383 e. The Balaban J connectivity index is 1.57. The standard InChI is InChI=1S/C19H26F3N7O/c1-3-28(18-24-7-15(17(23)25-18)19(20,21)22)16-9-29(26-12(16)2)13-5-4-6-27(8-13)14-10-30-11-14/h7,9,13-14H,3-6,8,10-11H2,1-2H3,(H2,23,24,25). The maximum atomic E-state index is 13.0. The summed E-state index contributed by atoms with van der Waals surface area (Å²) in [6.07, 6.45) is 0.200. The monoisotopic (exact) mass is 425 g/mol. The number of halogens is 3. The Labute approximate surface area is 172 Å². The highest BCUT2D eigenvalue weighted by molar-refractivity contribution is 5.60. The molecule has 2 fully saturated rings. The Morgan fingerprint density at radius 3 is 2.67 bits per heavy atom. The zero-order valence-electron chi connectivity index (χ0n) is 17.1. The van der Waals surface area contributed by atoms with Gasteiger partial charge in [0.05, 0.1) is 36.7 Å². The second-order valence-electron chi connectivity index (χ2n) is 7.77. The molecule has 164 valence electrons. The summed E-state index contributed by atoms with van der Waals surface area (Å²) in [5, 5.41) is 4.70. The first-order valence-corrected chi connectivity index (χ1v) is 10.1. The van der Waals surface area contributed by atoms with Crippen molar-refractivity contribution in [2.75, 3.05) is 43.5 Å². The molecule has 2 aromatic heterocycles. The Kier molecular flexibility index (Phi) is 5.58. The Bertz CT molecular complexity index is 897. The van der Waals surface area contributed by atoms with E-state index in [0.717, 1.165) is 56.7 Å². The van der Waals surface area contributed by atoms with E-state index in [1.54, 1.807) is 4.90 Å². The lowest BCUT2D eigenvalue weighted by Gasteiger charge is -2.42. The summed E-state index contributed by atoms with van der Waals surface area (Å²) in [6.45, 7) is 7.77. The van der Waals surface area contributed by atoms with Crippen molar-refractivity contribution < 1.29 is 17.9 Å². The van der Waals surface area contributed by atoms with Gasteiger partial charge in [-0.15, -0.1) is 0 Å². The topological polar surface area (TPSA) is 85.3 Å². The van der Waals surface area contributed by atoms with Crippen LogP contribution in [0.3, 0.4) is 0 Å². The van der Waals surface area contributed by atoms with Crippen LogP contribution in [-0.4, -0.2) is 63.5 Å². The van der Waals surface area contributed by atoms with Crippen molar-refractivity contribution >= 4 is 17.5 Å². The maximum absolute atomic E-state index is 13.0. The van der Waals surface area contributed by atoms with E-state index in [9.17, 15) is 13.2 Å². The summed E-state index contributed by atoms with van der Waals surface area (Å²) >= 11 is 0. The average molecular weight is 425 g/mol. The third-order valence-corrected chi connectivity index (χ3v) is 5.79. The summed E-state index contributed by atoms with van der Waals surface area (Å²) in [7, 11) is 0. The van der Waals surface area contributed by atoms with Crippen molar-refractivity contribution in [2.45, 2.75) is 44.9 Å². The lowest BCUT2D eigenvalue weighted by molar-refractivity contribution is -0.137. The van der Waals surface area contributed by atoms with Crippen LogP contribution in [0.4, 0.5) is 30.6 Å². The second kappa shape index (κ2) is 8.03. The second-order valence-corrected chi connectivity index (χ2v) is 7.77. The molecule has 0 bridgehead atoms. The van der Waals surface area contributed by atoms with Crippen LogP contribution in [-0.2, 0) is 10.9 Å². The first-order chi connectivity index (χ1) is 14.3. The first-order valence-electron chi connectivity index (χ1n) is 10.1. The third-order valence-electron chi connectivity index (χ3n) is 5.79. The summed E-state index contributed by atoms with van der Waals surface area (Å²) in [6, 6.07) is 0.726. The van der Waals surface area contributed by atoms with Crippen LogP contribution in [0.15, 0.2) is 12.4 Å². The normalized spacial score (nSPS) is 20.9. The van der Waals surface area contributed by atoms with Crippen LogP contribution in [0.2, 0.25) is 0 Å². The molecule has 4 rings (SSSR count). The number of alkyl halides is 3. The van der Waals surface area contributed by atoms with E-state index >= 15 is 0 Å². The van der Waals surface area contributed by atoms with Gasteiger partial charge in [0, 0.05) is 25.5 Å². The van der Waals surface area contributed by atoms with Gasteiger partial charge in [-0.2, -0.15) is 23.3 Å². The zero-order chi connectivity index (χ0) is 21.5. The van der Waals surface area contributed by atoms with Gasteiger partial charge in [0.25, 0.3) is 0 Å². The quantitative estimate of drug-likeness (QED) is 0.788. The molecule has 0 aliphatic carbocycles. The van der Waals surface area contributed by atoms with Crippen LogP contribution in [0.5, 0.6) is 0 Å². The van der Waals surface area contributed by atoms with Crippen molar-refractivity contribution in [3.05, 3.63) is 23.7 Å². The minimum absolute atomic E-state index is 0.127. The first kappa shape index (κ1) is 20.9. The Hall–Kier alpha value is -2.40. The molecular formula is C19H26F3N7O. The number of rotatable bonds is 5. The van der Waals surface area contributed by atoms with Gasteiger partial charge in [0.1, 0.15) is 11.4 Å². The molecule has 0 spiro atoms. The number of anilines is 3. The number of nitrogens with two attached hydrogens (primary N) is 1. The number of piperidine rings is 1. The van der Waals surface area contributed by atoms with Crippen molar-refractivity contribution in [3.8, 4) is 0 Å². The molecule has 2 aliphatic rings. The van der Waals surface area contributed by atoms with Gasteiger partial charge < -0.3 is 15.4 Å². The number of aryl methyl sites for hydroxylation is 1. The fraction of sp³-hybridized carbons (Fsp3) is 0.632. The van der Waals surface area contributed by atoms with Crippen molar-refractivity contribution in [3.63, 3.8) is 0 Å². The van der Waals surface area contributed by atoms with Crippen molar-refractivity contribution in [1.82, 2.24) is 24.6 Å². The fourth-order valence-electron chi connectivity index (χ4n) is 4.04. The van der Waals surface area contributed by atoms with Gasteiger partial charge in [-0.05, 0) is 33.2 Å². The predicted molar refractivity (Wildman–Crippen MR) is 106 cm³/mol. The van der Waals surface area contributed by atoms with Crippen molar-refractivity contribution in [1.29, 1.82) is 0 Å². The molecule has 1 unspecified atom stereocenters. The molecule has 11 heteroatoms. The average Bonchev–Trinajstić information content (AvgIpc) is 3.02. The number of hydrogen-bond acceptors (Lipinski definition) is 7. The van der Waals surface area contributed by atoms with Gasteiger partial charge in [0.2, 0.25) is 5.95 Å². The molecule has 30 heavy (non-hydrogen) atoms.